The minimum absolute atomic E-state index is 0.0560. The molecule has 2 aromatic heterocycles. The van der Waals surface area contributed by atoms with Gasteiger partial charge in [0.1, 0.15) is 17.3 Å². The molecule has 4 aromatic rings. The Kier molecular flexibility index (Phi) is 5.80. The van der Waals surface area contributed by atoms with E-state index in [0.29, 0.717) is 22.6 Å². The van der Waals surface area contributed by atoms with Crippen molar-refractivity contribution in [2.75, 3.05) is 0 Å². The van der Waals surface area contributed by atoms with E-state index < -0.39 is 17.7 Å². The van der Waals surface area contributed by atoms with Gasteiger partial charge in [0.2, 0.25) is 0 Å². The minimum Gasteiger partial charge on any atom is -0.345 e. The third kappa shape index (κ3) is 4.13. The molecule has 2 aromatic carbocycles. The zero-order valence-electron chi connectivity index (χ0n) is 18.5. The smallest absolute Gasteiger partial charge is 0.255 e. The zero-order chi connectivity index (χ0) is 23.9. The SMILES string of the molecule is Cc1nn(-c2ccc(F)cc2F)c(C)c1C(=O)NC(C)c1cnn(-c2ccc(F)cc2)c1C. The van der Waals surface area contributed by atoms with Crippen LogP contribution in [0.5, 0.6) is 0 Å². The largest absolute Gasteiger partial charge is 0.345 e. The maximum Gasteiger partial charge on any atom is 0.255 e. The van der Waals surface area contributed by atoms with Crippen LogP contribution in [-0.2, 0) is 0 Å². The van der Waals surface area contributed by atoms with E-state index in [0.717, 1.165) is 23.4 Å². The Morgan fingerprint density at radius 2 is 1.61 bits per heavy atom. The summed E-state index contributed by atoms with van der Waals surface area (Å²) in [5.74, 6) is -2.18. The monoisotopic (exact) mass is 453 g/mol. The lowest BCUT2D eigenvalue weighted by atomic mass is 10.1. The van der Waals surface area contributed by atoms with Crippen molar-refractivity contribution in [3.8, 4) is 11.4 Å². The van der Waals surface area contributed by atoms with Gasteiger partial charge in [-0.1, -0.05) is 0 Å². The van der Waals surface area contributed by atoms with E-state index in [1.54, 1.807) is 36.9 Å². The van der Waals surface area contributed by atoms with E-state index in [2.05, 4.69) is 15.5 Å². The van der Waals surface area contributed by atoms with E-state index in [1.807, 2.05) is 13.8 Å². The Balaban J connectivity index is 1.59. The molecule has 1 unspecified atom stereocenters. The van der Waals surface area contributed by atoms with E-state index in [9.17, 15) is 18.0 Å². The summed E-state index contributed by atoms with van der Waals surface area (Å²) < 4.78 is 43.7. The lowest BCUT2D eigenvalue weighted by molar-refractivity contribution is 0.0938. The Morgan fingerprint density at radius 3 is 2.27 bits per heavy atom. The van der Waals surface area contributed by atoms with E-state index in [1.165, 1.54) is 22.9 Å². The second kappa shape index (κ2) is 8.57. The van der Waals surface area contributed by atoms with Gasteiger partial charge < -0.3 is 5.32 Å². The summed E-state index contributed by atoms with van der Waals surface area (Å²) in [6.07, 6.45) is 1.65. The van der Waals surface area contributed by atoms with Gasteiger partial charge in [-0.3, -0.25) is 4.79 Å². The number of nitrogens with zero attached hydrogens (tertiary/aromatic N) is 4. The number of carbonyl (C=O) groups excluding carboxylic acids is 1. The first kappa shape index (κ1) is 22.3. The van der Waals surface area contributed by atoms with Crippen molar-refractivity contribution in [2.45, 2.75) is 33.7 Å². The molecule has 0 radical (unpaired) electrons. The number of aryl methyl sites for hydroxylation is 1. The average molecular weight is 453 g/mol. The normalized spacial score (nSPS) is 12.1. The topological polar surface area (TPSA) is 64.7 Å². The molecule has 1 N–H and O–H groups in total. The molecule has 9 heteroatoms. The molecule has 0 aliphatic heterocycles. The van der Waals surface area contributed by atoms with E-state index in [4.69, 9.17) is 0 Å². The molecular weight excluding hydrogens is 431 g/mol. The highest BCUT2D eigenvalue weighted by Crippen LogP contribution is 2.24. The van der Waals surface area contributed by atoms with Gasteiger partial charge in [-0.15, -0.1) is 0 Å². The Labute approximate surface area is 188 Å². The highest BCUT2D eigenvalue weighted by Gasteiger charge is 2.24. The van der Waals surface area contributed by atoms with Crippen LogP contribution < -0.4 is 5.32 Å². The average Bonchev–Trinajstić information content (AvgIpc) is 3.28. The molecule has 0 spiro atoms. The maximum absolute atomic E-state index is 14.3. The Morgan fingerprint density at radius 1 is 0.939 bits per heavy atom. The van der Waals surface area contributed by atoms with Crippen LogP contribution in [0.2, 0.25) is 0 Å². The Hall–Kier alpha value is -3.88. The predicted molar refractivity (Wildman–Crippen MR) is 117 cm³/mol. The summed E-state index contributed by atoms with van der Waals surface area (Å²) >= 11 is 0. The zero-order valence-corrected chi connectivity index (χ0v) is 18.5. The molecule has 0 aliphatic rings. The van der Waals surface area contributed by atoms with Crippen molar-refractivity contribution in [1.82, 2.24) is 24.9 Å². The third-order valence-corrected chi connectivity index (χ3v) is 5.59. The van der Waals surface area contributed by atoms with Gasteiger partial charge in [0.05, 0.1) is 34.9 Å². The lowest BCUT2D eigenvalue weighted by Gasteiger charge is -2.15. The second-order valence-corrected chi connectivity index (χ2v) is 7.82. The van der Waals surface area contributed by atoms with E-state index >= 15 is 0 Å². The van der Waals surface area contributed by atoms with Crippen molar-refractivity contribution in [1.29, 1.82) is 0 Å². The van der Waals surface area contributed by atoms with Crippen LogP contribution in [0.3, 0.4) is 0 Å². The molecule has 0 bridgehead atoms. The summed E-state index contributed by atoms with van der Waals surface area (Å²) in [5, 5.41) is 11.6. The number of carbonyl (C=O) groups is 1. The molecule has 33 heavy (non-hydrogen) atoms. The van der Waals surface area contributed by atoms with Crippen LogP contribution in [0, 0.1) is 38.2 Å². The highest BCUT2D eigenvalue weighted by molar-refractivity contribution is 5.96. The molecular formula is C24H22F3N5O. The molecule has 1 amide bonds. The van der Waals surface area contributed by atoms with Crippen LogP contribution in [0.25, 0.3) is 11.4 Å². The van der Waals surface area contributed by atoms with Gasteiger partial charge in [0.15, 0.2) is 5.82 Å². The van der Waals surface area contributed by atoms with Crippen molar-refractivity contribution in [3.63, 3.8) is 0 Å². The summed E-state index contributed by atoms with van der Waals surface area (Å²) in [5.41, 5.74) is 3.51. The Bertz CT molecular complexity index is 1340. The van der Waals surface area contributed by atoms with Crippen LogP contribution in [0.1, 0.15) is 46.0 Å². The molecule has 2 heterocycles. The van der Waals surface area contributed by atoms with Gasteiger partial charge in [-0.2, -0.15) is 10.2 Å². The molecule has 0 saturated heterocycles. The number of hydrogen-bond donors (Lipinski definition) is 1. The minimum atomic E-state index is -0.773. The number of halogens is 3. The standard InChI is InChI=1S/C24H22F3N5O/c1-13(20-12-28-31(15(20)3)19-8-5-17(25)6-9-19)29-24(33)23-14(2)30-32(16(23)4)22-10-7-18(26)11-21(22)27/h5-13H,1-4H3,(H,29,33). The number of benzene rings is 2. The van der Waals surface area contributed by atoms with Crippen LogP contribution in [-0.4, -0.2) is 25.5 Å². The molecule has 4 rings (SSSR count). The fourth-order valence-electron chi connectivity index (χ4n) is 3.90. The first-order valence-electron chi connectivity index (χ1n) is 10.3. The molecule has 1 atom stereocenters. The van der Waals surface area contributed by atoms with Gasteiger partial charge in [0, 0.05) is 17.3 Å². The first-order chi connectivity index (χ1) is 15.7. The van der Waals surface area contributed by atoms with Crippen LogP contribution in [0.4, 0.5) is 13.2 Å². The molecule has 6 nitrogen and oxygen atoms in total. The number of rotatable bonds is 5. The summed E-state index contributed by atoms with van der Waals surface area (Å²) in [4.78, 5) is 13.1. The van der Waals surface area contributed by atoms with Crippen molar-refractivity contribution < 1.29 is 18.0 Å². The van der Waals surface area contributed by atoms with Crippen molar-refractivity contribution in [2.24, 2.45) is 0 Å². The van der Waals surface area contributed by atoms with Crippen molar-refractivity contribution in [3.05, 3.63) is 94.3 Å². The van der Waals surface area contributed by atoms with Crippen LogP contribution >= 0.6 is 0 Å². The fraction of sp³-hybridized carbons (Fsp3) is 0.208. The molecule has 0 saturated carbocycles. The van der Waals surface area contributed by atoms with Gasteiger partial charge in [-0.25, -0.2) is 22.5 Å². The number of hydrogen-bond acceptors (Lipinski definition) is 3. The van der Waals surface area contributed by atoms with Gasteiger partial charge >= 0.3 is 0 Å². The maximum atomic E-state index is 14.3. The van der Waals surface area contributed by atoms with E-state index in [-0.39, 0.29) is 17.4 Å². The summed E-state index contributed by atoms with van der Waals surface area (Å²) in [7, 11) is 0. The lowest BCUT2D eigenvalue weighted by Crippen LogP contribution is -2.28. The summed E-state index contributed by atoms with van der Waals surface area (Å²) in [6, 6.07) is 8.75. The fourth-order valence-corrected chi connectivity index (χ4v) is 3.90. The third-order valence-electron chi connectivity index (χ3n) is 5.59. The number of aromatic nitrogens is 4. The molecule has 0 fully saturated rings. The predicted octanol–water partition coefficient (Wildman–Crippen LogP) is 4.89. The second-order valence-electron chi connectivity index (χ2n) is 7.82. The first-order valence-corrected chi connectivity index (χ1v) is 10.3. The summed E-state index contributed by atoms with van der Waals surface area (Å²) in [6.45, 7) is 6.99. The van der Waals surface area contributed by atoms with Gasteiger partial charge in [-0.05, 0) is 64.1 Å². The number of amides is 1. The quantitative estimate of drug-likeness (QED) is 0.468. The molecule has 0 aliphatic carbocycles. The van der Waals surface area contributed by atoms with Crippen LogP contribution in [0.15, 0.2) is 48.7 Å². The highest BCUT2D eigenvalue weighted by atomic mass is 19.1. The molecule has 170 valence electrons. The van der Waals surface area contributed by atoms with Gasteiger partial charge in [0.25, 0.3) is 5.91 Å². The van der Waals surface area contributed by atoms with Crippen molar-refractivity contribution >= 4 is 5.91 Å². The number of nitrogens with one attached hydrogen (secondary N) is 1.